The van der Waals surface area contributed by atoms with E-state index in [2.05, 4.69) is 31.3 Å². The van der Waals surface area contributed by atoms with Gasteiger partial charge in [-0.3, -0.25) is 0 Å². The first-order valence-corrected chi connectivity index (χ1v) is 6.74. The van der Waals surface area contributed by atoms with Crippen molar-refractivity contribution in [3.63, 3.8) is 0 Å². The van der Waals surface area contributed by atoms with Crippen molar-refractivity contribution in [3.8, 4) is 5.75 Å². The van der Waals surface area contributed by atoms with Crippen molar-refractivity contribution in [3.05, 3.63) is 28.8 Å². The second-order valence-corrected chi connectivity index (χ2v) is 4.67. The van der Waals surface area contributed by atoms with Crippen LogP contribution in [0, 0.1) is 13.8 Å². The summed E-state index contributed by atoms with van der Waals surface area (Å²) in [5, 5.41) is 3.46. The molecule has 0 aliphatic heterocycles. The van der Waals surface area contributed by atoms with E-state index in [0.29, 0.717) is 0 Å². The molecule has 0 aliphatic carbocycles. The quantitative estimate of drug-likeness (QED) is 0.695. The molecule has 0 bridgehead atoms. The smallest absolute Gasteiger partial charge is 0.122 e. The van der Waals surface area contributed by atoms with E-state index in [0.717, 1.165) is 44.6 Å². The maximum Gasteiger partial charge on any atom is 0.122 e. The topological polar surface area (TPSA) is 47.3 Å². The summed E-state index contributed by atoms with van der Waals surface area (Å²) in [4.78, 5) is 0. The molecule has 1 aromatic carbocycles. The Morgan fingerprint density at radius 2 is 1.89 bits per heavy atom. The largest absolute Gasteiger partial charge is 0.496 e. The Morgan fingerprint density at radius 1 is 1.11 bits per heavy atom. The van der Waals surface area contributed by atoms with E-state index < -0.39 is 0 Å². The van der Waals surface area contributed by atoms with E-state index >= 15 is 0 Å². The predicted molar refractivity (Wildman–Crippen MR) is 77.3 cm³/mol. The number of benzene rings is 1. The number of unbranched alkanes of at least 4 members (excludes halogenated alkanes) is 1. The summed E-state index contributed by atoms with van der Waals surface area (Å²) in [6.45, 7) is 7.16. The van der Waals surface area contributed by atoms with Gasteiger partial charge < -0.3 is 15.8 Å². The Morgan fingerprint density at radius 3 is 2.56 bits per heavy atom. The van der Waals surface area contributed by atoms with Crippen LogP contribution in [0.4, 0.5) is 0 Å². The number of nitrogens with one attached hydrogen (secondary N) is 1. The van der Waals surface area contributed by atoms with E-state index in [1.165, 1.54) is 16.7 Å². The lowest BCUT2D eigenvalue weighted by atomic mass is 10.00. The standard InChI is InChI=1S/C15H26N2O/c1-12-13(2)15(18-3)7-6-14(12)8-11-17-10-5-4-9-16/h6-7,17H,4-5,8-11,16H2,1-3H3. The van der Waals surface area contributed by atoms with E-state index in [1.807, 2.05) is 0 Å². The van der Waals surface area contributed by atoms with E-state index in [4.69, 9.17) is 10.5 Å². The van der Waals surface area contributed by atoms with Gasteiger partial charge in [0.2, 0.25) is 0 Å². The first kappa shape index (κ1) is 15.0. The molecule has 102 valence electrons. The molecule has 0 aromatic heterocycles. The summed E-state index contributed by atoms with van der Waals surface area (Å²) in [5.41, 5.74) is 9.45. The zero-order valence-corrected chi connectivity index (χ0v) is 11.9. The van der Waals surface area contributed by atoms with Crippen molar-refractivity contribution in [2.75, 3.05) is 26.7 Å². The normalized spacial score (nSPS) is 10.7. The zero-order valence-electron chi connectivity index (χ0n) is 11.9. The maximum absolute atomic E-state index is 5.46. The third-order valence-electron chi connectivity index (χ3n) is 3.45. The Balaban J connectivity index is 2.41. The van der Waals surface area contributed by atoms with Crippen LogP contribution in [0.5, 0.6) is 5.75 Å². The highest BCUT2D eigenvalue weighted by Gasteiger charge is 2.05. The molecular formula is C15H26N2O. The Bertz CT molecular complexity index is 364. The van der Waals surface area contributed by atoms with Crippen LogP contribution in [0.25, 0.3) is 0 Å². The second-order valence-electron chi connectivity index (χ2n) is 4.67. The molecule has 0 aliphatic rings. The van der Waals surface area contributed by atoms with Gasteiger partial charge in [0.1, 0.15) is 5.75 Å². The average Bonchev–Trinajstić information content (AvgIpc) is 2.38. The minimum absolute atomic E-state index is 0.790. The molecule has 0 heterocycles. The molecular weight excluding hydrogens is 224 g/mol. The highest BCUT2D eigenvalue weighted by Crippen LogP contribution is 2.23. The SMILES string of the molecule is COc1ccc(CCNCCCCN)c(C)c1C. The third kappa shape index (κ3) is 4.31. The number of nitrogens with two attached hydrogens (primary N) is 1. The molecule has 0 atom stereocenters. The van der Waals surface area contributed by atoms with Crippen molar-refractivity contribution in [1.82, 2.24) is 5.32 Å². The molecule has 0 spiro atoms. The van der Waals surface area contributed by atoms with Crippen molar-refractivity contribution in [1.29, 1.82) is 0 Å². The minimum atomic E-state index is 0.790. The lowest BCUT2D eigenvalue weighted by molar-refractivity contribution is 0.411. The van der Waals surface area contributed by atoms with Crippen molar-refractivity contribution in [2.24, 2.45) is 5.73 Å². The number of ether oxygens (including phenoxy) is 1. The van der Waals surface area contributed by atoms with Gasteiger partial charge >= 0.3 is 0 Å². The molecule has 0 unspecified atom stereocenters. The molecule has 0 amide bonds. The molecule has 0 radical (unpaired) electrons. The van der Waals surface area contributed by atoms with Crippen LogP contribution in [0.1, 0.15) is 29.5 Å². The van der Waals surface area contributed by atoms with Crippen LogP contribution >= 0.6 is 0 Å². The lowest BCUT2D eigenvalue weighted by Crippen LogP contribution is -2.19. The summed E-state index contributed by atoms with van der Waals surface area (Å²) < 4.78 is 5.32. The Kier molecular flexibility index (Phi) is 6.76. The average molecular weight is 250 g/mol. The van der Waals surface area contributed by atoms with Gasteiger partial charge in [-0.15, -0.1) is 0 Å². The van der Waals surface area contributed by atoms with Gasteiger partial charge in [-0.2, -0.15) is 0 Å². The van der Waals surface area contributed by atoms with Crippen LogP contribution in [0.15, 0.2) is 12.1 Å². The van der Waals surface area contributed by atoms with Crippen molar-refractivity contribution >= 4 is 0 Å². The summed E-state index contributed by atoms with van der Waals surface area (Å²) in [6.07, 6.45) is 3.34. The first-order chi connectivity index (χ1) is 8.70. The number of methoxy groups -OCH3 is 1. The van der Waals surface area contributed by atoms with Crippen LogP contribution in [0.2, 0.25) is 0 Å². The molecule has 0 saturated heterocycles. The molecule has 3 nitrogen and oxygen atoms in total. The molecule has 1 aromatic rings. The monoisotopic (exact) mass is 250 g/mol. The predicted octanol–water partition coefficient (Wildman–Crippen LogP) is 2.18. The summed E-state index contributed by atoms with van der Waals surface area (Å²) in [6, 6.07) is 4.23. The van der Waals surface area contributed by atoms with Gasteiger partial charge in [-0.25, -0.2) is 0 Å². The fraction of sp³-hybridized carbons (Fsp3) is 0.600. The number of rotatable bonds is 8. The van der Waals surface area contributed by atoms with Gasteiger partial charge in [0.25, 0.3) is 0 Å². The summed E-state index contributed by atoms with van der Waals surface area (Å²) in [5.74, 6) is 0.979. The minimum Gasteiger partial charge on any atom is -0.496 e. The van der Waals surface area contributed by atoms with Crippen LogP contribution in [0.3, 0.4) is 0 Å². The molecule has 0 fully saturated rings. The van der Waals surface area contributed by atoms with Gasteiger partial charge in [0.05, 0.1) is 7.11 Å². The third-order valence-corrected chi connectivity index (χ3v) is 3.45. The van der Waals surface area contributed by atoms with E-state index in [1.54, 1.807) is 7.11 Å². The Labute approximate surface area is 111 Å². The van der Waals surface area contributed by atoms with Crippen molar-refractivity contribution < 1.29 is 4.74 Å². The zero-order chi connectivity index (χ0) is 13.4. The second kappa shape index (κ2) is 8.11. The maximum atomic E-state index is 5.46. The molecule has 1 rings (SSSR count). The molecule has 3 heteroatoms. The van der Waals surface area contributed by atoms with Gasteiger partial charge in [-0.05, 0) is 75.5 Å². The van der Waals surface area contributed by atoms with Gasteiger partial charge in [0, 0.05) is 0 Å². The van der Waals surface area contributed by atoms with Crippen LogP contribution < -0.4 is 15.8 Å². The number of hydrogen-bond acceptors (Lipinski definition) is 3. The van der Waals surface area contributed by atoms with Crippen LogP contribution in [-0.4, -0.2) is 26.7 Å². The van der Waals surface area contributed by atoms with Crippen LogP contribution in [-0.2, 0) is 6.42 Å². The Hall–Kier alpha value is -1.06. The summed E-state index contributed by atoms with van der Waals surface area (Å²) in [7, 11) is 1.72. The summed E-state index contributed by atoms with van der Waals surface area (Å²) >= 11 is 0. The van der Waals surface area contributed by atoms with Crippen molar-refractivity contribution in [2.45, 2.75) is 33.1 Å². The molecule has 18 heavy (non-hydrogen) atoms. The molecule has 0 saturated carbocycles. The molecule has 3 N–H and O–H groups in total. The van der Waals surface area contributed by atoms with E-state index in [9.17, 15) is 0 Å². The number of hydrogen-bond donors (Lipinski definition) is 2. The fourth-order valence-electron chi connectivity index (χ4n) is 2.09. The highest BCUT2D eigenvalue weighted by atomic mass is 16.5. The van der Waals surface area contributed by atoms with E-state index in [-0.39, 0.29) is 0 Å². The van der Waals surface area contributed by atoms with Gasteiger partial charge in [0.15, 0.2) is 0 Å². The lowest BCUT2D eigenvalue weighted by Gasteiger charge is -2.13. The first-order valence-electron chi connectivity index (χ1n) is 6.74. The highest BCUT2D eigenvalue weighted by molar-refractivity contribution is 5.43. The van der Waals surface area contributed by atoms with Gasteiger partial charge in [-0.1, -0.05) is 6.07 Å². The fourth-order valence-corrected chi connectivity index (χ4v) is 2.09.